The maximum Gasteiger partial charge on any atom is 0.265 e. The first kappa shape index (κ1) is 21.0. The molecule has 1 unspecified atom stereocenters. The molecule has 1 aliphatic carbocycles. The van der Waals surface area contributed by atoms with Crippen LogP contribution < -0.4 is 15.3 Å². The highest BCUT2D eigenvalue weighted by molar-refractivity contribution is 7.74. The highest BCUT2D eigenvalue weighted by Crippen LogP contribution is 2.52. The molecular weight excluding hydrogens is 371 g/mol. The van der Waals surface area contributed by atoms with Crippen LogP contribution in [0.15, 0.2) is 48.5 Å². The third kappa shape index (κ3) is 4.29. The Kier molecular flexibility index (Phi) is 6.52. The smallest absolute Gasteiger partial charge is 0.265 e. The van der Waals surface area contributed by atoms with E-state index in [1.165, 1.54) is 12.5 Å². The number of methoxy groups -OCH3 is 1. The number of rotatable bonds is 6. The highest BCUT2D eigenvalue weighted by atomic mass is 31.2. The topological polar surface area (TPSA) is 55.8 Å². The normalized spacial score (nSPS) is 24.7. The minimum absolute atomic E-state index is 0.0297. The summed E-state index contributed by atoms with van der Waals surface area (Å²) in [6, 6.07) is 14.0. The molecule has 28 heavy (non-hydrogen) atoms. The lowest BCUT2D eigenvalue weighted by molar-refractivity contribution is 0.0514. The third-order valence-electron chi connectivity index (χ3n) is 5.84. The van der Waals surface area contributed by atoms with Crippen molar-refractivity contribution < 1.29 is 18.9 Å². The van der Waals surface area contributed by atoms with E-state index >= 15 is 0 Å². The number of ether oxygens (including phenoxy) is 1. The summed E-state index contributed by atoms with van der Waals surface area (Å²) in [6.45, 7) is 6.63. The summed E-state index contributed by atoms with van der Waals surface area (Å²) in [7, 11) is -1.95. The molecule has 1 fully saturated rings. The average molecular weight is 402 g/mol. The summed E-state index contributed by atoms with van der Waals surface area (Å²) < 4.78 is 26.2. The van der Waals surface area contributed by atoms with Gasteiger partial charge in [0.25, 0.3) is 7.37 Å². The zero-order valence-electron chi connectivity index (χ0n) is 17.2. The summed E-state index contributed by atoms with van der Waals surface area (Å²) in [5.74, 6) is 1.84. The standard InChI is InChI=1S/C23H31O4P/c1-16(2)20-12-10-17(3)14-22(20)27-28(25,19-8-6-5-7-9-19)23-15-18(26-4)11-13-21(23)24/h5-9,11,13,15-17,20,22,24H,10,12,14H2,1-4H3/t17-,20+,22-,28?/m1/s1. The van der Waals surface area contributed by atoms with Crippen LogP contribution in [-0.2, 0) is 9.09 Å². The van der Waals surface area contributed by atoms with Crippen LogP contribution in [0.25, 0.3) is 0 Å². The van der Waals surface area contributed by atoms with Gasteiger partial charge < -0.3 is 14.4 Å². The maximum absolute atomic E-state index is 14.4. The number of phenolic OH excluding ortho intramolecular Hbond substituents is 1. The summed E-state index contributed by atoms with van der Waals surface area (Å²) in [6.07, 6.45) is 3.01. The SMILES string of the molecule is COc1ccc(O)c(P(=O)(O[C@@H]2C[C@H](C)CC[C@H]2C(C)C)c2ccccc2)c1. The second-order valence-corrected chi connectivity index (χ2v) is 10.5. The van der Waals surface area contributed by atoms with Crippen molar-refractivity contribution >= 4 is 18.0 Å². The van der Waals surface area contributed by atoms with Crippen LogP contribution >= 0.6 is 7.37 Å². The van der Waals surface area contributed by atoms with E-state index in [-0.39, 0.29) is 11.9 Å². The molecule has 1 aliphatic rings. The number of hydrogen-bond acceptors (Lipinski definition) is 4. The van der Waals surface area contributed by atoms with Gasteiger partial charge >= 0.3 is 0 Å². The Bertz CT molecular complexity index is 834. The average Bonchev–Trinajstić information content (AvgIpc) is 2.68. The van der Waals surface area contributed by atoms with Crippen LogP contribution in [0, 0.1) is 17.8 Å². The van der Waals surface area contributed by atoms with E-state index in [1.807, 2.05) is 30.3 Å². The summed E-state index contributed by atoms with van der Waals surface area (Å²) in [5.41, 5.74) is 0. The van der Waals surface area contributed by atoms with Gasteiger partial charge in [-0.25, -0.2) is 0 Å². The Hall–Kier alpha value is -1.77. The van der Waals surface area contributed by atoms with Crippen molar-refractivity contribution in [2.75, 3.05) is 7.11 Å². The zero-order chi connectivity index (χ0) is 20.3. The molecule has 0 amide bonds. The molecule has 3 rings (SSSR count). The molecule has 2 aromatic carbocycles. The predicted molar refractivity (Wildman–Crippen MR) is 114 cm³/mol. The van der Waals surface area contributed by atoms with Crippen molar-refractivity contribution in [1.82, 2.24) is 0 Å². The fourth-order valence-electron chi connectivity index (χ4n) is 4.17. The first-order valence-electron chi connectivity index (χ1n) is 10.1. The van der Waals surface area contributed by atoms with E-state index in [4.69, 9.17) is 9.26 Å². The summed E-state index contributed by atoms with van der Waals surface area (Å²) in [4.78, 5) is 0. The molecule has 0 heterocycles. The maximum atomic E-state index is 14.4. The molecule has 1 saturated carbocycles. The number of benzene rings is 2. The molecule has 152 valence electrons. The second kappa shape index (κ2) is 8.71. The van der Waals surface area contributed by atoms with E-state index in [2.05, 4.69) is 20.8 Å². The third-order valence-corrected chi connectivity index (χ3v) is 8.38. The van der Waals surface area contributed by atoms with Crippen molar-refractivity contribution in [2.45, 2.75) is 46.1 Å². The number of hydrogen-bond donors (Lipinski definition) is 1. The number of phenols is 1. The molecule has 0 aromatic heterocycles. The van der Waals surface area contributed by atoms with Crippen molar-refractivity contribution in [2.24, 2.45) is 17.8 Å². The van der Waals surface area contributed by atoms with Gasteiger partial charge in [-0.3, -0.25) is 4.57 Å². The van der Waals surface area contributed by atoms with Gasteiger partial charge in [-0.05, 0) is 60.9 Å². The number of aromatic hydroxyl groups is 1. The molecule has 5 heteroatoms. The van der Waals surface area contributed by atoms with Crippen LogP contribution in [0.1, 0.15) is 40.0 Å². The molecular formula is C23H31O4P. The lowest BCUT2D eigenvalue weighted by Gasteiger charge is -2.39. The van der Waals surface area contributed by atoms with E-state index in [9.17, 15) is 9.67 Å². The highest BCUT2D eigenvalue weighted by Gasteiger charge is 2.40. The van der Waals surface area contributed by atoms with Crippen molar-refractivity contribution in [1.29, 1.82) is 0 Å². The molecule has 4 atom stereocenters. The van der Waals surface area contributed by atoms with Gasteiger partial charge in [0.05, 0.1) is 18.5 Å². The van der Waals surface area contributed by atoms with Crippen LogP contribution in [0.4, 0.5) is 0 Å². The Morgan fingerprint density at radius 2 is 1.82 bits per heavy atom. The lowest BCUT2D eigenvalue weighted by Crippen LogP contribution is -2.36. The molecule has 0 bridgehead atoms. The Morgan fingerprint density at radius 3 is 2.46 bits per heavy atom. The Balaban J connectivity index is 2.09. The van der Waals surface area contributed by atoms with E-state index in [0.717, 1.165) is 12.8 Å². The quantitative estimate of drug-likeness (QED) is 0.683. The molecule has 4 nitrogen and oxygen atoms in total. The lowest BCUT2D eigenvalue weighted by atomic mass is 9.75. The molecule has 2 aromatic rings. The van der Waals surface area contributed by atoms with Gasteiger partial charge in [-0.2, -0.15) is 0 Å². The van der Waals surface area contributed by atoms with Gasteiger partial charge in [0.2, 0.25) is 0 Å². The minimum Gasteiger partial charge on any atom is -0.507 e. The van der Waals surface area contributed by atoms with Crippen molar-refractivity contribution in [3.05, 3.63) is 48.5 Å². The fourth-order valence-corrected chi connectivity index (χ4v) is 6.55. The van der Waals surface area contributed by atoms with E-state index in [1.54, 1.807) is 19.2 Å². The van der Waals surface area contributed by atoms with Crippen LogP contribution in [0.2, 0.25) is 0 Å². The Morgan fingerprint density at radius 1 is 1.11 bits per heavy atom. The first-order chi connectivity index (χ1) is 13.3. The van der Waals surface area contributed by atoms with Crippen molar-refractivity contribution in [3.8, 4) is 11.5 Å². The minimum atomic E-state index is -3.50. The molecule has 0 aliphatic heterocycles. The van der Waals surface area contributed by atoms with Crippen LogP contribution in [0.3, 0.4) is 0 Å². The second-order valence-electron chi connectivity index (χ2n) is 8.21. The van der Waals surface area contributed by atoms with Gasteiger partial charge in [-0.1, -0.05) is 45.4 Å². The van der Waals surface area contributed by atoms with Crippen molar-refractivity contribution in [3.63, 3.8) is 0 Å². The molecule has 1 N–H and O–H groups in total. The fraction of sp³-hybridized carbons (Fsp3) is 0.478. The summed E-state index contributed by atoms with van der Waals surface area (Å²) in [5, 5.41) is 11.5. The summed E-state index contributed by atoms with van der Waals surface area (Å²) >= 11 is 0. The molecule has 0 saturated heterocycles. The largest absolute Gasteiger partial charge is 0.507 e. The predicted octanol–water partition coefficient (Wildman–Crippen LogP) is 5.11. The van der Waals surface area contributed by atoms with Gasteiger partial charge in [-0.15, -0.1) is 0 Å². The Labute approximate surface area is 168 Å². The molecule has 0 radical (unpaired) electrons. The van der Waals surface area contributed by atoms with Gasteiger partial charge in [0.15, 0.2) is 0 Å². The van der Waals surface area contributed by atoms with E-state index in [0.29, 0.717) is 34.1 Å². The van der Waals surface area contributed by atoms with Crippen LogP contribution in [0.5, 0.6) is 11.5 Å². The van der Waals surface area contributed by atoms with Crippen LogP contribution in [-0.4, -0.2) is 18.3 Å². The van der Waals surface area contributed by atoms with Gasteiger partial charge in [0.1, 0.15) is 11.5 Å². The zero-order valence-corrected chi connectivity index (χ0v) is 18.1. The molecule has 0 spiro atoms. The van der Waals surface area contributed by atoms with Gasteiger partial charge in [0, 0.05) is 5.30 Å². The first-order valence-corrected chi connectivity index (χ1v) is 11.7. The monoisotopic (exact) mass is 402 g/mol. The van der Waals surface area contributed by atoms with E-state index < -0.39 is 7.37 Å².